The first-order valence-corrected chi connectivity index (χ1v) is 8.50. The summed E-state index contributed by atoms with van der Waals surface area (Å²) < 4.78 is 0. The van der Waals surface area contributed by atoms with Crippen molar-refractivity contribution in [1.29, 1.82) is 0 Å². The second kappa shape index (κ2) is 9.32. The highest BCUT2D eigenvalue weighted by molar-refractivity contribution is 7.98. The number of hydrazine groups is 1. The van der Waals surface area contributed by atoms with Crippen LogP contribution in [0.1, 0.15) is 20.3 Å². The first-order valence-electron chi connectivity index (χ1n) is 7.28. The van der Waals surface area contributed by atoms with E-state index in [1.807, 2.05) is 44.4 Å². The zero-order chi connectivity index (χ0) is 16.5. The van der Waals surface area contributed by atoms with Crippen molar-refractivity contribution in [3.8, 4) is 0 Å². The molecule has 1 saturated heterocycles. The number of nitrogens with one attached hydrogen (secondary N) is 3. The average Bonchev–Trinajstić information content (AvgIpc) is 2.55. The van der Waals surface area contributed by atoms with Gasteiger partial charge >= 0.3 is 0 Å². The zero-order valence-electron chi connectivity index (χ0n) is 13.1. The van der Waals surface area contributed by atoms with Crippen LogP contribution in [-0.2, 0) is 9.59 Å². The number of amides is 2. The average molecular weight is 325 g/mol. The van der Waals surface area contributed by atoms with Gasteiger partial charge in [-0.05, 0) is 24.8 Å². The molecule has 1 aromatic rings. The summed E-state index contributed by atoms with van der Waals surface area (Å²) in [7, 11) is 0. The third-order valence-electron chi connectivity index (χ3n) is 3.12. The molecule has 2 unspecified atom stereocenters. The van der Waals surface area contributed by atoms with Crippen molar-refractivity contribution in [2.24, 2.45) is 5.92 Å². The number of carbonyl (C=O) groups is 2. The number of carbonyl (C=O) groups excluding carboxylic acids is 2. The molecule has 2 rings (SSSR count). The van der Waals surface area contributed by atoms with Crippen molar-refractivity contribution in [1.82, 2.24) is 10.7 Å². The highest BCUT2D eigenvalue weighted by atomic mass is 32.2. The van der Waals surface area contributed by atoms with E-state index in [4.69, 9.17) is 0 Å². The van der Waals surface area contributed by atoms with Crippen molar-refractivity contribution < 1.29 is 14.7 Å². The quantitative estimate of drug-likeness (QED) is 0.381. The Hall–Kier alpha value is -1.73. The molecule has 0 aliphatic carbocycles. The van der Waals surface area contributed by atoms with Crippen molar-refractivity contribution in [2.45, 2.75) is 31.3 Å². The van der Waals surface area contributed by atoms with Gasteiger partial charge in [-0.2, -0.15) is 0 Å². The SMILES string of the molecule is CC.CSc1ccccc1NNC(=O)C1C(=O)NCCC1O. The second-order valence-electron chi connectivity index (χ2n) is 4.44. The van der Waals surface area contributed by atoms with Gasteiger partial charge in [0.2, 0.25) is 5.91 Å². The van der Waals surface area contributed by atoms with Crippen molar-refractivity contribution in [3.05, 3.63) is 24.3 Å². The summed E-state index contributed by atoms with van der Waals surface area (Å²) in [5.41, 5.74) is 6.02. The second-order valence-corrected chi connectivity index (χ2v) is 5.29. The van der Waals surface area contributed by atoms with Crippen LogP contribution in [-0.4, -0.2) is 35.8 Å². The van der Waals surface area contributed by atoms with Gasteiger partial charge in [0, 0.05) is 11.4 Å². The Kier molecular flexibility index (Phi) is 7.76. The van der Waals surface area contributed by atoms with Gasteiger partial charge in [-0.3, -0.25) is 20.4 Å². The maximum atomic E-state index is 12.0. The first-order chi connectivity index (χ1) is 10.6. The molecule has 1 aliphatic heterocycles. The van der Waals surface area contributed by atoms with Gasteiger partial charge < -0.3 is 10.4 Å². The van der Waals surface area contributed by atoms with E-state index >= 15 is 0 Å². The van der Waals surface area contributed by atoms with E-state index in [1.54, 1.807) is 11.8 Å². The topological polar surface area (TPSA) is 90.5 Å². The monoisotopic (exact) mass is 325 g/mol. The van der Waals surface area contributed by atoms with Crippen LogP contribution in [0.3, 0.4) is 0 Å². The number of aliphatic hydroxyl groups excluding tert-OH is 1. The van der Waals surface area contributed by atoms with Crippen LogP contribution >= 0.6 is 11.8 Å². The first kappa shape index (κ1) is 18.3. The molecule has 0 bridgehead atoms. The lowest BCUT2D eigenvalue weighted by Gasteiger charge is -2.26. The van der Waals surface area contributed by atoms with Crippen LogP contribution in [0.25, 0.3) is 0 Å². The zero-order valence-corrected chi connectivity index (χ0v) is 13.9. The molecule has 122 valence electrons. The number of para-hydroxylation sites is 1. The summed E-state index contributed by atoms with van der Waals surface area (Å²) in [6.07, 6.45) is 1.37. The Bertz CT molecular complexity index is 511. The highest BCUT2D eigenvalue weighted by Crippen LogP contribution is 2.24. The normalized spacial score (nSPS) is 20.3. The maximum absolute atomic E-state index is 12.0. The molecule has 22 heavy (non-hydrogen) atoms. The molecule has 1 aromatic carbocycles. The lowest BCUT2D eigenvalue weighted by atomic mass is 9.95. The number of hydrogen-bond acceptors (Lipinski definition) is 5. The van der Waals surface area contributed by atoms with Crippen LogP contribution in [0.4, 0.5) is 5.69 Å². The lowest BCUT2D eigenvalue weighted by Crippen LogP contribution is -2.52. The molecule has 2 atom stereocenters. The third kappa shape index (κ3) is 4.64. The number of anilines is 1. The molecule has 0 aromatic heterocycles. The molecule has 0 saturated carbocycles. The van der Waals surface area contributed by atoms with Crippen LogP contribution < -0.4 is 16.2 Å². The molecule has 1 heterocycles. The summed E-state index contributed by atoms with van der Waals surface area (Å²) in [5.74, 6) is -2.05. The minimum absolute atomic E-state index is 0.380. The van der Waals surface area contributed by atoms with Gasteiger partial charge in [0.05, 0.1) is 11.8 Å². The van der Waals surface area contributed by atoms with Crippen molar-refractivity contribution in [2.75, 3.05) is 18.2 Å². The minimum Gasteiger partial charge on any atom is -0.392 e. The van der Waals surface area contributed by atoms with E-state index in [9.17, 15) is 14.7 Å². The van der Waals surface area contributed by atoms with E-state index in [2.05, 4.69) is 16.2 Å². The van der Waals surface area contributed by atoms with E-state index in [0.717, 1.165) is 10.6 Å². The largest absolute Gasteiger partial charge is 0.392 e. The van der Waals surface area contributed by atoms with Gasteiger partial charge in [0.1, 0.15) is 5.92 Å². The van der Waals surface area contributed by atoms with E-state index in [1.165, 1.54) is 0 Å². The van der Waals surface area contributed by atoms with E-state index in [0.29, 0.717) is 13.0 Å². The highest BCUT2D eigenvalue weighted by Gasteiger charge is 2.36. The molecule has 7 heteroatoms. The molecular weight excluding hydrogens is 302 g/mol. The summed E-state index contributed by atoms with van der Waals surface area (Å²) in [4.78, 5) is 24.6. The fraction of sp³-hybridized carbons (Fsp3) is 0.467. The predicted octanol–water partition coefficient (Wildman–Crippen LogP) is 1.37. The molecule has 0 radical (unpaired) electrons. The smallest absolute Gasteiger partial charge is 0.253 e. The third-order valence-corrected chi connectivity index (χ3v) is 3.91. The standard InChI is InChI=1S/C13H17N3O3S.C2H6/c1-20-10-5-3-2-4-8(10)15-16-13(19)11-9(17)6-7-14-12(11)18;1-2/h2-5,9,11,15,17H,6-7H2,1H3,(H,14,18)(H,16,19);1-2H3. The number of aliphatic hydroxyl groups is 1. The predicted molar refractivity (Wildman–Crippen MR) is 88.5 cm³/mol. The summed E-state index contributed by atoms with van der Waals surface area (Å²) in [6, 6.07) is 7.48. The Labute approximate surface area is 135 Å². The number of hydrogen-bond donors (Lipinski definition) is 4. The number of piperidine rings is 1. The summed E-state index contributed by atoms with van der Waals surface area (Å²) in [5, 5.41) is 12.3. The number of benzene rings is 1. The molecular formula is C15H23N3O3S. The fourth-order valence-electron chi connectivity index (χ4n) is 2.04. The van der Waals surface area contributed by atoms with Crippen LogP contribution in [0, 0.1) is 5.92 Å². The molecule has 0 spiro atoms. The summed E-state index contributed by atoms with van der Waals surface area (Å²) in [6.45, 7) is 4.40. The van der Waals surface area contributed by atoms with E-state index < -0.39 is 23.8 Å². The Morgan fingerprint density at radius 3 is 2.68 bits per heavy atom. The number of thioether (sulfide) groups is 1. The molecule has 1 aliphatic rings. The number of rotatable bonds is 4. The van der Waals surface area contributed by atoms with E-state index in [-0.39, 0.29) is 0 Å². The Balaban J connectivity index is 0.00000116. The van der Waals surface area contributed by atoms with Crippen molar-refractivity contribution >= 4 is 29.3 Å². The van der Waals surface area contributed by atoms with Crippen LogP contribution in [0.15, 0.2) is 29.2 Å². The van der Waals surface area contributed by atoms with Gasteiger partial charge in [-0.15, -0.1) is 11.8 Å². The van der Waals surface area contributed by atoms with Gasteiger partial charge in [0.25, 0.3) is 5.91 Å². The Morgan fingerprint density at radius 2 is 2.05 bits per heavy atom. The van der Waals surface area contributed by atoms with Crippen LogP contribution in [0.2, 0.25) is 0 Å². The van der Waals surface area contributed by atoms with Crippen molar-refractivity contribution in [3.63, 3.8) is 0 Å². The van der Waals surface area contributed by atoms with Gasteiger partial charge in [-0.1, -0.05) is 26.0 Å². The maximum Gasteiger partial charge on any atom is 0.253 e. The molecule has 2 amide bonds. The Morgan fingerprint density at radius 1 is 1.36 bits per heavy atom. The lowest BCUT2D eigenvalue weighted by molar-refractivity contribution is -0.142. The fourth-order valence-corrected chi connectivity index (χ4v) is 2.60. The minimum atomic E-state index is -1.07. The van der Waals surface area contributed by atoms with Gasteiger partial charge in [-0.25, -0.2) is 0 Å². The summed E-state index contributed by atoms with van der Waals surface area (Å²) >= 11 is 1.54. The van der Waals surface area contributed by atoms with Gasteiger partial charge in [0.15, 0.2) is 0 Å². The molecule has 4 N–H and O–H groups in total. The molecule has 6 nitrogen and oxygen atoms in total. The van der Waals surface area contributed by atoms with Crippen LogP contribution in [0.5, 0.6) is 0 Å². The molecule has 1 fully saturated rings.